The van der Waals surface area contributed by atoms with Crippen LogP contribution in [0.25, 0.3) is 0 Å². The van der Waals surface area contributed by atoms with Crippen LogP contribution in [0, 0.1) is 0 Å². The molecule has 0 heterocycles. The van der Waals surface area contributed by atoms with Crippen molar-refractivity contribution in [2.75, 3.05) is 13.2 Å². The number of hydroxylamine groups is 1. The summed E-state index contributed by atoms with van der Waals surface area (Å²) >= 11 is 0. The van der Waals surface area contributed by atoms with Crippen LogP contribution in [0.1, 0.15) is 6.42 Å². The number of hydrogen-bond acceptors (Lipinski definition) is 3. The first-order chi connectivity index (χ1) is 2.91. The van der Waals surface area contributed by atoms with Crippen molar-refractivity contribution in [3.05, 3.63) is 0 Å². The molecule has 46 valence electrons. The van der Waals surface area contributed by atoms with Crippen LogP contribution < -0.4 is 5.48 Å². The van der Waals surface area contributed by atoms with Gasteiger partial charge >= 0.3 is 0 Å². The molecule has 0 aliphatic heterocycles. The topological polar surface area (TPSA) is 52.5 Å². The van der Waals surface area contributed by atoms with Crippen LogP contribution in [0.15, 0.2) is 0 Å². The predicted octanol–water partition coefficient (Wildman–Crippen LogP) is -0.231. The molecule has 0 amide bonds. The highest BCUT2D eigenvalue weighted by Gasteiger charge is 1.75. The molecule has 0 aromatic rings. The number of halogens is 1. The third-order valence-electron chi connectivity index (χ3n) is 0.447. The summed E-state index contributed by atoms with van der Waals surface area (Å²) in [6.45, 7) is 0.601. The van der Waals surface area contributed by atoms with E-state index in [0.717, 1.165) is 0 Å². The highest BCUT2D eigenvalue weighted by Crippen LogP contribution is 1.65. The van der Waals surface area contributed by atoms with E-state index in [1.807, 2.05) is 5.48 Å². The second-order valence-corrected chi connectivity index (χ2v) is 0.985. The molecule has 0 aromatic carbocycles. The molecule has 0 bridgehead atoms. The van der Waals surface area contributed by atoms with Crippen molar-refractivity contribution >= 4 is 12.4 Å². The lowest BCUT2D eigenvalue weighted by Gasteiger charge is -1.88. The van der Waals surface area contributed by atoms with E-state index in [0.29, 0.717) is 13.0 Å². The zero-order valence-corrected chi connectivity index (χ0v) is 4.74. The first-order valence-electron chi connectivity index (χ1n) is 1.89. The van der Waals surface area contributed by atoms with E-state index in [9.17, 15) is 0 Å². The van der Waals surface area contributed by atoms with Crippen molar-refractivity contribution in [2.45, 2.75) is 6.42 Å². The number of aliphatic hydroxyl groups excluding tert-OH is 1. The fourth-order valence-electron chi connectivity index (χ4n) is 0.158. The lowest BCUT2D eigenvalue weighted by Crippen LogP contribution is -2.09. The predicted molar refractivity (Wildman–Crippen MR) is 28.7 cm³/mol. The number of hydrogen-bond donors (Lipinski definition) is 3. The molecule has 0 aliphatic rings. The lowest BCUT2D eigenvalue weighted by atomic mass is 10.5. The van der Waals surface area contributed by atoms with E-state index in [-0.39, 0.29) is 19.0 Å². The Hall–Kier alpha value is 0.170. The van der Waals surface area contributed by atoms with E-state index in [4.69, 9.17) is 10.3 Å². The molecule has 3 N–H and O–H groups in total. The Bertz CT molecular complexity index is 24.9. The first kappa shape index (κ1) is 10.2. The Morgan fingerprint density at radius 1 is 1.43 bits per heavy atom. The quantitative estimate of drug-likeness (QED) is 0.363. The van der Waals surface area contributed by atoms with Crippen molar-refractivity contribution in [1.29, 1.82) is 0 Å². The molecule has 0 fully saturated rings. The second-order valence-electron chi connectivity index (χ2n) is 0.985. The highest BCUT2D eigenvalue weighted by molar-refractivity contribution is 5.85. The third-order valence-corrected chi connectivity index (χ3v) is 0.447. The van der Waals surface area contributed by atoms with Crippen molar-refractivity contribution in [1.82, 2.24) is 5.48 Å². The maximum Gasteiger partial charge on any atom is 0.0444 e. The zero-order chi connectivity index (χ0) is 4.83. The van der Waals surface area contributed by atoms with Gasteiger partial charge in [0.1, 0.15) is 0 Å². The molecule has 0 spiro atoms. The smallest absolute Gasteiger partial charge is 0.0444 e. The van der Waals surface area contributed by atoms with E-state index in [2.05, 4.69) is 0 Å². The molecule has 0 atom stereocenters. The highest BCUT2D eigenvalue weighted by atomic mass is 35.5. The average molecular weight is 128 g/mol. The summed E-state index contributed by atoms with van der Waals surface area (Å²) in [5.74, 6) is 0. The molecule has 0 aromatic heterocycles. The fraction of sp³-hybridized carbons (Fsp3) is 1.00. The maximum absolute atomic E-state index is 8.05. The summed E-state index contributed by atoms with van der Waals surface area (Å²) < 4.78 is 0. The van der Waals surface area contributed by atoms with Gasteiger partial charge in [-0.1, -0.05) is 0 Å². The standard InChI is InChI=1S/C3H9NO2.ClH/c5-3-1-2-4-6;/h4-6H,1-3H2;1H. The first-order valence-corrected chi connectivity index (χ1v) is 1.89. The van der Waals surface area contributed by atoms with Crippen LogP contribution >= 0.6 is 12.4 Å². The Kier molecular flexibility index (Phi) is 13.8. The van der Waals surface area contributed by atoms with Gasteiger partial charge in [0.2, 0.25) is 0 Å². The van der Waals surface area contributed by atoms with Crippen LogP contribution in [0.5, 0.6) is 0 Å². The minimum Gasteiger partial charge on any atom is -0.396 e. The normalized spacial score (nSPS) is 7.71. The van der Waals surface area contributed by atoms with E-state index in [1.54, 1.807) is 0 Å². The van der Waals surface area contributed by atoms with Gasteiger partial charge in [-0.3, -0.25) is 0 Å². The Labute approximate surface area is 48.7 Å². The Morgan fingerprint density at radius 3 is 2.14 bits per heavy atom. The van der Waals surface area contributed by atoms with Crippen molar-refractivity contribution in [3.63, 3.8) is 0 Å². The average Bonchev–Trinajstić information content (AvgIpc) is 1.61. The van der Waals surface area contributed by atoms with Crippen molar-refractivity contribution in [3.8, 4) is 0 Å². The number of nitrogens with one attached hydrogen (secondary N) is 1. The molecule has 0 radical (unpaired) electrons. The fourth-order valence-corrected chi connectivity index (χ4v) is 0.158. The zero-order valence-electron chi connectivity index (χ0n) is 3.92. The minimum atomic E-state index is 0. The molecule has 0 saturated heterocycles. The minimum absolute atomic E-state index is 0. The van der Waals surface area contributed by atoms with E-state index >= 15 is 0 Å². The maximum atomic E-state index is 8.05. The van der Waals surface area contributed by atoms with Gasteiger partial charge in [-0.05, 0) is 6.42 Å². The second kappa shape index (κ2) is 9.48. The summed E-state index contributed by atoms with van der Waals surface area (Å²) in [5.41, 5.74) is 1.91. The number of rotatable bonds is 3. The van der Waals surface area contributed by atoms with Crippen molar-refractivity contribution in [2.24, 2.45) is 0 Å². The van der Waals surface area contributed by atoms with Gasteiger partial charge < -0.3 is 10.3 Å². The van der Waals surface area contributed by atoms with Crippen LogP contribution in [0.2, 0.25) is 0 Å². The number of aliphatic hydroxyl groups is 1. The molecule has 4 heteroatoms. The monoisotopic (exact) mass is 127 g/mol. The summed E-state index contributed by atoms with van der Waals surface area (Å²) in [5, 5.41) is 15.9. The van der Waals surface area contributed by atoms with Gasteiger partial charge in [0.05, 0.1) is 0 Å². The van der Waals surface area contributed by atoms with Crippen molar-refractivity contribution < 1.29 is 10.3 Å². The van der Waals surface area contributed by atoms with Gasteiger partial charge in [0.25, 0.3) is 0 Å². The van der Waals surface area contributed by atoms with Crippen LogP contribution in [0.4, 0.5) is 0 Å². The third kappa shape index (κ3) is 10.7. The summed E-state index contributed by atoms with van der Waals surface area (Å²) in [4.78, 5) is 0. The molecule has 7 heavy (non-hydrogen) atoms. The van der Waals surface area contributed by atoms with Gasteiger partial charge in [-0.2, -0.15) is 0 Å². The van der Waals surface area contributed by atoms with Crippen LogP contribution in [-0.4, -0.2) is 23.5 Å². The Morgan fingerprint density at radius 2 is 2.00 bits per heavy atom. The molecule has 0 aliphatic carbocycles. The summed E-state index contributed by atoms with van der Waals surface area (Å²) in [6.07, 6.45) is 0.608. The molecular weight excluding hydrogens is 117 g/mol. The van der Waals surface area contributed by atoms with Crippen LogP contribution in [0.3, 0.4) is 0 Å². The largest absolute Gasteiger partial charge is 0.396 e. The SMILES string of the molecule is Cl.OCCCNO. The molecule has 3 nitrogen and oxygen atoms in total. The lowest BCUT2D eigenvalue weighted by molar-refractivity contribution is 0.155. The molecule has 0 saturated carbocycles. The van der Waals surface area contributed by atoms with E-state index < -0.39 is 0 Å². The Balaban J connectivity index is 0. The molecule has 0 rings (SSSR count). The molecular formula is C3H10ClNO2. The van der Waals surface area contributed by atoms with Gasteiger partial charge in [-0.25, -0.2) is 5.48 Å². The van der Waals surface area contributed by atoms with Gasteiger partial charge in [0.15, 0.2) is 0 Å². The summed E-state index contributed by atoms with van der Waals surface area (Å²) in [6, 6.07) is 0. The van der Waals surface area contributed by atoms with Crippen LogP contribution in [-0.2, 0) is 0 Å². The molecule has 0 unspecified atom stereocenters. The summed E-state index contributed by atoms with van der Waals surface area (Å²) in [7, 11) is 0. The van der Waals surface area contributed by atoms with Gasteiger partial charge in [-0.15, -0.1) is 12.4 Å². The van der Waals surface area contributed by atoms with E-state index in [1.165, 1.54) is 0 Å². The van der Waals surface area contributed by atoms with Gasteiger partial charge in [0, 0.05) is 13.2 Å².